The first-order valence-electron chi connectivity index (χ1n) is 6.58. The summed E-state index contributed by atoms with van der Waals surface area (Å²) in [5.74, 6) is 0. The second-order valence-electron chi connectivity index (χ2n) is 5.04. The lowest BCUT2D eigenvalue weighted by Crippen LogP contribution is -2.38. The van der Waals surface area contributed by atoms with Gasteiger partial charge in [-0.05, 0) is 30.5 Å². The monoisotopic (exact) mass is 281 g/mol. The standard InChI is InChI=1S/C14H20ClN3O/c1-11-3-4-12(9-13(11)15)10-17-5-2-6-18(8-7-17)14(16)19/h3-4,9H,2,5-8,10H2,1H3,(H2,16,19). The van der Waals surface area contributed by atoms with Crippen LogP contribution in [0.25, 0.3) is 0 Å². The first-order chi connectivity index (χ1) is 9.06. The molecule has 2 rings (SSSR count). The van der Waals surface area contributed by atoms with Crippen molar-refractivity contribution in [1.29, 1.82) is 0 Å². The molecule has 0 unspecified atom stereocenters. The van der Waals surface area contributed by atoms with Crippen LogP contribution in [-0.2, 0) is 6.54 Å². The molecule has 104 valence electrons. The molecule has 1 aromatic rings. The van der Waals surface area contributed by atoms with E-state index < -0.39 is 0 Å². The zero-order chi connectivity index (χ0) is 13.8. The summed E-state index contributed by atoms with van der Waals surface area (Å²) in [6.45, 7) is 6.16. The lowest BCUT2D eigenvalue weighted by Gasteiger charge is -2.21. The highest BCUT2D eigenvalue weighted by Crippen LogP contribution is 2.18. The molecule has 2 N–H and O–H groups in total. The number of rotatable bonds is 2. The number of carbonyl (C=O) groups excluding carboxylic acids is 1. The number of halogens is 1. The molecular weight excluding hydrogens is 262 g/mol. The molecule has 5 heteroatoms. The second kappa shape index (κ2) is 6.26. The maximum Gasteiger partial charge on any atom is 0.314 e. The van der Waals surface area contributed by atoms with Gasteiger partial charge in [0.05, 0.1) is 0 Å². The molecule has 0 aromatic heterocycles. The zero-order valence-electron chi connectivity index (χ0n) is 11.2. The summed E-state index contributed by atoms with van der Waals surface area (Å²) in [4.78, 5) is 15.2. The molecule has 2 amide bonds. The van der Waals surface area contributed by atoms with Crippen LogP contribution in [0.1, 0.15) is 17.5 Å². The maximum absolute atomic E-state index is 11.2. The van der Waals surface area contributed by atoms with Crippen molar-refractivity contribution in [2.24, 2.45) is 5.73 Å². The van der Waals surface area contributed by atoms with Crippen LogP contribution in [0, 0.1) is 6.92 Å². The summed E-state index contributed by atoms with van der Waals surface area (Å²) >= 11 is 6.14. The Hall–Kier alpha value is -1.26. The second-order valence-corrected chi connectivity index (χ2v) is 5.45. The van der Waals surface area contributed by atoms with E-state index in [-0.39, 0.29) is 6.03 Å². The SMILES string of the molecule is Cc1ccc(CN2CCCN(C(N)=O)CC2)cc1Cl. The van der Waals surface area contributed by atoms with E-state index >= 15 is 0 Å². The van der Waals surface area contributed by atoms with Crippen LogP contribution in [0.5, 0.6) is 0 Å². The molecule has 0 saturated carbocycles. The van der Waals surface area contributed by atoms with E-state index in [1.165, 1.54) is 5.56 Å². The normalized spacial score (nSPS) is 17.3. The minimum absolute atomic E-state index is 0.319. The van der Waals surface area contributed by atoms with E-state index in [1.54, 1.807) is 4.90 Å². The van der Waals surface area contributed by atoms with Gasteiger partial charge in [0.15, 0.2) is 0 Å². The largest absolute Gasteiger partial charge is 0.351 e. The van der Waals surface area contributed by atoms with Crippen LogP contribution in [0.15, 0.2) is 18.2 Å². The molecule has 1 aromatic carbocycles. The number of benzene rings is 1. The Balaban J connectivity index is 1.95. The van der Waals surface area contributed by atoms with Gasteiger partial charge in [0, 0.05) is 37.7 Å². The van der Waals surface area contributed by atoms with Crippen molar-refractivity contribution < 1.29 is 4.79 Å². The number of nitrogens with zero attached hydrogens (tertiary/aromatic N) is 2. The summed E-state index contributed by atoms with van der Waals surface area (Å²) in [7, 11) is 0. The lowest BCUT2D eigenvalue weighted by molar-refractivity contribution is 0.207. The van der Waals surface area contributed by atoms with Crippen molar-refractivity contribution in [2.45, 2.75) is 19.9 Å². The van der Waals surface area contributed by atoms with Crippen molar-refractivity contribution >= 4 is 17.6 Å². The molecule has 1 fully saturated rings. The van der Waals surface area contributed by atoms with Gasteiger partial charge >= 0.3 is 6.03 Å². The molecule has 0 spiro atoms. The number of amides is 2. The van der Waals surface area contributed by atoms with Crippen LogP contribution in [0.3, 0.4) is 0 Å². The lowest BCUT2D eigenvalue weighted by atomic mass is 10.1. The van der Waals surface area contributed by atoms with Gasteiger partial charge in [0.25, 0.3) is 0 Å². The highest BCUT2D eigenvalue weighted by Gasteiger charge is 2.17. The summed E-state index contributed by atoms with van der Waals surface area (Å²) in [5, 5.41) is 0.811. The predicted octanol–water partition coefficient (Wildman–Crippen LogP) is 2.23. The van der Waals surface area contributed by atoms with E-state index in [9.17, 15) is 4.79 Å². The van der Waals surface area contributed by atoms with Gasteiger partial charge in [-0.2, -0.15) is 0 Å². The zero-order valence-corrected chi connectivity index (χ0v) is 12.0. The van der Waals surface area contributed by atoms with E-state index in [0.717, 1.165) is 43.2 Å². The molecule has 0 atom stereocenters. The Labute approximate surface area is 119 Å². The first kappa shape index (κ1) is 14.2. The third kappa shape index (κ3) is 3.85. The Morgan fingerprint density at radius 2 is 2.11 bits per heavy atom. The van der Waals surface area contributed by atoms with Gasteiger partial charge in [-0.1, -0.05) is 23.7 Å². The van der Waals surface area contributed by atoms with Crippen molar-refractivity contribution in [3.63, 3.8) is 0 Å². The number of urea groups is 1. The molecule has 1 saturated heterocycles. The van der Waals surface area contributed by atoms with Gasteiger partial charge in [-0.3, -0.25) is 4.90 Å². The minimum Gasteiger partial charge on any atom is -0.351 e. The number of hydrogen-bond donors (Lipinski definition) is 1. The third-order valence-corrected chi connectivity index (χ3v) is 3.95. The molecule has 0 aliphatic carbocycles. The molecule has 1 aliphatic rings. The molecule has 1 aliphatic heterocycles. The number of hydrogen-bond acceptors (Lipinski definition) is 2. The first-order valence-corrected chi connectivity index (χ1v) is 6.96. The van der Waals surface area contributed by atoms with E-state index in [0.29, 0.717) is 6.54 Å². The van der Waals surface area contributed by atoms with E-state index in [1.807, 2.05) is 19.1 Å². The average molecular weight is 282 g/mol. The van der Waals surface area contributed by atoms with Crippen LogP contribution in [0.4, 0.5) is 4.79 Å². The quantitative estimate of drug-likeness (QED) is 0.904. The average Bonchev–Trinajstić information content (AvgIpc) is 2.59. The topological polar surface area (TPSA) is 49.6 Å². The van der Waals surface area contributed by atoms with Crippen molar-refractivity contribution in [2.75, 3.05) is 26.2 Å². The van der Waals surface area contributed by atoms with Gasteiger partial charge in [0.1, 0.15) is 0 Å². The molecule has 0 bridgehead atoms. The number of aryl methyl sites for hydroxylation is 1. The maximum atomic E-state index is 11.2. The fraction of sp³-hybridized carbons (Fsp3) is 0.500. The van der Waals surface area contributed by atoms with Gasteiger partial charge in [-0.15, -0.1) is 0 Å². The van der Waals surface area contributed by atoms with Gasteiger partial charge in [0.2, 0.25) is 0 Å². The van der Waals surface area contributed by atoms with Crippen LogP contribution in [-0.4, -0.2) is 42.0 Å². The number of carbonyl (C=O) groups is 1. The highest BCUT2D eigenvalue weighted by molar-refractivity contribution is 6.31. The fourth-order valence-corrected chi connectivity index (χ4v) is 2.55. The Morgan fingerprint density at radius 1 is 1.32 bits per heavy atom. The molecule has 1 heterocycles. The van der Waals surface area contributed by atoms with E-state index in [4.69, 9.17) is 17.3 Å². The van der Waals surface area contributed by atoms with Gasteiger partial charge < -0.3 is 10.6 Å². The Morgan fingerprint density at radius 3 is 2.79 bits per heavy atom. The highest BCUT2D eigenvalue weighted by atomic mass is 35.5. The van der Waals surface area contributed by atoms with Crippen molar-refractivity contribution in [1.82, 2.24) is 9.80 Å². The third-order valence-electron chi connectivity index (χ3n) is 3.54. The Bertz CT molecular complexity index is 464. The summed E-state index contributed by atoms with van der Waals surface area (Å²) < 4.78 is 0. The molecule has 19 heavy (non-hydrogen) atoms. The van der Waals surface area contributed by atoms with Gasteiger partial charge in [-0.25, -0.2) is 4.79 Å². The van der Waals surface area contributed by atoms with Crippen molar-refractivity contribution in [3.05, 3.63) is 34.3 Å². The molecule has 4 nitrogen and oxygen atoms in total. The summed E-state index contributed by atoms with van der Waals surface area (Å²) in [5.41, 5.74) is 7.63. The van der Waals surface area contributed by atoms with Crippen LogP contribution in [0.2, 0.25) is 5.02 Å². The van der Waals surface area contributed by atoms with E-state index in [2.05, 4.69) is 11.0 Å². The number of primary amides is 1. The van der Waals surface area contributed by atoms with Crippen molar-refractivity contribution in [3.8, 4) is 0 Å². The smallest absolute Gasteiger partial charge is 0.314 e. The molecule has 0 radical (unpaired) electrons. The molecular formula is C14H20ClN3O. The minimum atomic E-state index is -0.319. The summed E-state index contributed by atoms with van der Waals surface area (Å²) in [6.07, 6.45) is 0.961. The fourth-order valence-electron chi connectivity index (χ4n) is 2.34. The van der Waals surface area contributed by atoms with Crippen LogP contribution >= 0.6 is 11.6 Å². The predicted molar refractivity (Wildman–Crippen MR) is 77.2 cm³/mol. The Kier molecular flexibility index (Phi) is 4.66. The van der Waals surface area contributed by atoms with Crippen LogP contribution < -0.4 is 5.73 Å². The number of nitrogens with two attached hydrogens (primary N) is 1. The summed E-state index contributed by atoms with van der Waals surface area (Å²) in [6, 6.07) is 5.86.